The van der Waals surface area contributed by atoms with Crippen molar-refractivity contribution >= 4 is 28.9 Å². The fourth-order valence-corrected chi connectivity index (χ4v) is 2.38. The van der Waals surface area contributed by atoms with Gasteiger partial charge in [0.15, 0.2) is 5.69 Å². The van der Waals surface area contributed by atoms with E-state index in [0.29, 0.717) is 10.7 Å². The lowest BCUT2D eigenvalue weighted by Crippen LogP contribution is -2.02. The molecule has 0 radical (unpaired) electrons. The number of carbonyl (C=O) groups excluding carboxylic acids is 1. The maximum atomic E-state index is 11.5. The first kappa shape index (κ1) is 12.1. The Balaban J connectivity index is 2.50. The van der Waals surface area contributed by atoms with Gasteiger partial charge in [-0.15, -0.1) is 11.3 Å². The molecule has 0 spiro atoms. The normalized spacial score (nSPS) is 10.3. The van der Waals surface area contributed by atoms with Crippen molar-refractivity contribution in [3.63, 3.8) is 0 Å². The molecule has 0 unspecified atom stereocenters. The molecule has 88 valence electrons. The Morgan fingerprint density at radius 3 is 2.88 bits per heavy atom. The number of benzene rings is 1. The molecule has 0 fully saturated rings. The monoisotopic (exact) mass is 267 g/mol. The lowest BCUT2D eigenvalue weighted by molar-refractivity contribution is 0.0596. The summed E-state index contributed by atoms with van der Waals surface area (Å²) in [6.45, 7) is 1.93. The zero-order valence-electron chi connectivity index (χ0n) is 9.36. The minimum atomic E-state index is -0.432. The van der Waals surface area contributed by atoms with Crippen molar-refractivity contribution in [2.75, 3.05) is 7.11 Å². The predicted molar refractivity (Wildman–Crippen MR) is 68.6 cm³/mol. The van der Waals surface area contributed by atoms with Gasteiger partial charge in [-0.25, -0.2) is 9.78 Å². The number of rotatable bonds is 2. The molecule has 0 aliphatic heterocycles. The minimum absolute atomic E-state index is 0.331. The summed E-state index contributed by atoms with van der Waals surface area (Å²) in [5, 5.41) is 0.673. The highest BCUT2D eigenvalue weighted by Crippen LogP contribution is 2.31. The van der Waals surface area contributed by atoms with Gasteiger partial charge >= 0.3 is 5.97 Å². The first-order valence-corrected chi connectivity index (χ1v) is 6.17. The number of nitrogens with zero attached hydrogens (tertiary/aromatic N) is 1. The van der Waals surface area contributed by atoms with Crippen LogP contribution in [-0.2, 0) is 4.74 Å². The van der Waals surface area contributed by atoms with Crippen LogP contribution in [-0.4, -0.2) is 18.1 Å². The molecule has 0 amide bonds. The number of ether oxygens (including phenoxy) is 1. The van der Waals surface area contributed by atoms with E-state index in [2.05, 4.69) is 9.72 Å². The number of esters is 1. The number of hydrogen-bond donors (Lipinski definition) is 0. The average Bonchev–Trinajstić information content (AvgIpc) is 2.80. The van der Waals surface area contributed by atoms with E-state index < -0.39 is 5.97 Å². The molecule has 17 heavy (non-hydrogen) atoms. The second-order valence-electron chi connectivity index (χ2n) is 3.49. The fourth-order valence-electron chi connectivity index (χ4n) is 1.43. The molecule has 1 aromatic heterocycles. The number of aromatic nitrogens is 1. The van der Waals surface area contributed by atoms with Crippen molar-refractivity contribution in [3.8, 4) is 10.4 Å². The molecule has 0 atom stereocenters. The van der Waals surface area contributed by atoms with Gasteiger partial charge in [-0.1, -0.05) is 23.7 Å². The van der Waals surface area contributed by atoms with Gasteiger partial charge in [0.1, 0.15) is 0 Å². The number of halogens is 1. The molecular weight excluding hydrogens is 258 g/mol. The maximum absolute atomic E-state index is 11.5. The summed E-state index contributed by atoms with van der Waals surface area (Å²) in [6, 6.07) is 5.66. The Hall–Kier alpha value is -1.39. The largest absolute Gasteiger partial charge is 0.464 e. The van der Waals surface area contributed by atoms with Gasteiger partial charge in [-0.3, -0.25) is 0 Å². The van der Waals surface area contributed by atoms with Crippen LogP contribution in [0.1, 0.15) is 16.1 Å². The van der Waals surface area contributed by atoms with E-state index in [1.807, 2.05) is 25.1 Å². The summed E-state index contributed by atoms with van der Waals surface area (Å²) in [7, 11) is 1.34. The van der Waals surface area contributed by atoms with E-state index in [-0.39, 0.29) is 0 Å². The van der Waals surface area contributed by atoms with Crippen LogP contribution in [0.25, 0.3) is 10.4 Å². The molecular formula is C12H10ClNO2S. The highest BCUT2D eigenvalue weighted by molar-refractivity contribution is 7.13. The van der Waals surface area contributed by atoms with Crippen molar-refractivity contribution in [1.29, 1.82) is 0 Å². The number of methoxy groups -OCH3 is 1. The van der Waals surface area contributed by atoms with Crippen LogP contribution < -0.4 is 0 Å². The number of aryl methyl sites for hydroxylation is 1. The maximum Gasteiger partial charge on any atom is 0.358 e. The summed E-state index contributed by atoms with van der Waals surface area (Å²) >= 11 is 7.45. The topological polar surface area (TPSA) is 39.2 Å². The Morgan fingerprint density at radius 1 is 1.47 bits per heavy atom. The van der Waals surface area contributed by atoms with Gasteiger partial charge in [-0.2, -0.15) is 0 Å². The van der Waals surface area contributed by atoms with E-state index in [1.54, 1.807) is 5.51 Å². The van der Waals surface area contributed by atoms with Crippen LogP contribution >= 0.6 is 22.9 Å². The summed E-state index contributed by atoms with van der Waals surface area (Å²) in [4.78, 5) is 16.3. The van der Waals surface area contributed by atoms with Crippen molar-refractivity contribution in [3.05, 3.63) is 40.0 Å². The molecule has 0 bridgehead atoms. The SMILES string of the molecule is COC(=O)c1ncsc1-c1ccc(C)c(Cl)c1. The molecule has 0 saturated carbocycles. The molecule has 0 aliphatic carbocycles. The Kier molecular flexibility index (Phi) is 3.45. The third-order valence-corrected chi connectivity index (χ3v) is 3.66. The zero-order valence-corrected chi connectivity index (χ0v) is 10.9. The molecule has 0 N–H and O–H groups in total. The molecule has 5 heteroatoms. The van der Waals surface area contributed by atoms with Gasteiger partial charge in [0, 0.05) is 5.02 Å². The van der Waals surface area contributed by atoms with Gasteiger partial charge in [-0.05, 0) is 24.1 Å². The summed E-state index contributed by atoms with van der Waals surface area (Å²) in [5.41, 5.74) is 3.83. The number of hydrogen-bond acceptors (Lipinski definition) is 4. The first-order chi connectivity index (χ1) is 8.13. The third kappa shape index (κ3) is 2.33. The Bertz CT molecular complexity index is 565. The van der Waals surface area contributed by atoms with Crippen molar-refractivity contribution in [2.24, 2.45) is 0 Å². The van der Waals surface area contributed by atoms with E-state index in [1.165, 1.54) is 18.4 Å². The first-order valence-electron chi connectivity index (χ1n) is 4.92. The summed E-state index contributed by atoms with van der Waals surface area (Å²) in [6.07, 6.45) is 0. The average molecular weight is 268 g/mol. The van der Waals surface area contributed by atoms with Crippen LogP contribution in [0, 0.1) is 6.92 Å². The molecule has 2 aromatic rings. The highest BCUT2D eigenvalue weighted by atomic mass is 35.5. The van der Waals surface area contributed by atoms with E-state index in [9.17, 15) is 4.79 Å². The number of carbonyl (C=O) groups is 1. The van der Waals surface area contributed by atoms with Crippen LogP contribution in [0.15, 0.2) is 23.7 Å². The molecule has 1 heterocycles. The van der Waals surface area contributed by atoms with Gasteiger partial charge in [0.2, 0.25) is 0 Å². The Morgan fingerprint density at radius 2 is 2.24 bits per heavy atom. The van der Waals surface area contributed by atoms with Gasteiger partial charge in [0.05, 0.1) is 17.5 Å². The van der Waals surface area contributed by atoms with Gasteiger partial charge in [0.25, 0.3) is 0 Å². The number of thiazole rings is 1. The lowest BCUT2D eigenvalue weighted by atomic mass is 10.1. The lowest BCUT2D eigenvalue weighted by Gasteiger charge is -2.03. The molecule has 0 aliphatic rings. The van der Waals surface area contributed by atoms with E-state index in [0.717, 1.165) is 16.0 Å². The fraction of sp³-hybridized carbons (Fsp3) is 0.167. The van der Waals surface area contributed by atoms with Crippen molar-refractivity contribution < 1.29 is 9.53 Å². The minimum Gasteiger partial charge on any atom is -0.464 e. The van der Waals surface area contributed by atoms with Crippen LogP contribution in [0.3, 0.4) is 0 Å². The predicted octanol–water partition coefficient (Wildman–Crippen LogP) is 3.56. The summed E-state index contributed by atoms with van der Waals surface area (Å²) < 4.78 is 4.68. The second kappa shape index (κ2) is 4.85. The van der Waals surface area contributed by atoms with Crippen molar-refractivity contribution in [1.82, 2.24) is 4.98 Å². The standard InChI is InChI=1S/C12H10ClNO2S/c1-7-3-4-8(5-9(7)13)11-10(12(15)16-2)14-6-17-11/h3-6H,1-2H3. The van der Waals surface area contributed by atoms with Crippen LogP contribution in [0.2, 0.25) is 5.02 Å². The third-order valence-electron chi connectivity index (χ3n) is 2.38. The van der Waals surface area contributed by atoms with E-state index in [4.69, 9.17) is 11.6 Å². The van der Waals surface area contributed by atoms with Crippen molar-refractivity contribution in [2.45, 2.75) is 6.92 Å². The smallest absolute Gasteiger partial charge is 0.358 e. The van der Waals surface area contributed by atoms with Crippen LogP contribution in [0.4, 0.5) is 0 Å². The summed E-state index contributed by atoms with van der Waals surface area (Å²) in [5.74, 6) is -0.432. The molecule has 2 rings (SSSR count). The van der Waals surface area contributed by atoms with Gasteiger partial charge < -0.3 is 4.74 Å². The highest BCUT2D eigenvalue weighted by Gasteiger charge is 2.17. The molecule has 0 saturated heterocycles. The van der Waals surface area contributed by atoms with Crippen LogP contribution in [0.5, 0.6) is 0 Å². The molecule has 3 nitrogen and oxygen atoms in total. The zero-order chi connectivity index (χ0) is 12.4. The quantitative estimate of drug-likeness (QED) is 0.781. The second-order valence-corrected chi connectivity index (χ2v) is 4.75. The molecule has 1 aromatic carbocycles. The van der Waals surface area contributed by atoms with E-state index >= 15 is 0 Å². The Labute approximate surface area is 108 Å².